The third-order valence-electron chi connectivity index (χ3n) is 6.26. The number of para-hydroxylation sites is 1. The van der Waals surface area contributed by atoms with Crippen molar-refractivity contribution >= 4 is 29.1 Å². The van der Waals surface area contributed by atoms with Crippen LogP contribution in [0.5, 0.6) is 0 Å². The summed E-state index contributed by atoms with van der Waals surface area (Å²) in [6.45, 7) is 8.62. The summed E-state index contributed by atoms with van der Waals surface area (Å²) in [5, 5.41) is 5.66. The minimum absolute atomic E-state index is 0.218. The SMILES string of the molecule is CCCN1C(=O)[C@@H](NC(=O)Nc2cccc(C)c2)N=C(N2CCC(C)CC2)c2ccccc21. The highest BCUT2D eigenvalue weighted by Crippen LogP contribution is 2.29. The van der Waals surface area contributed by atoms with Gasteiger partial charge in [-0.1, -0.05) is 38.1 Å². The zero-order chi connectivity index (χ0) is 23.4. The van der Waals surface area contributed by atoms with Crippen molar-refractivity contribution in [3.8, 4) is 0 Å². The lowest BCUT2D eigenvalue weighted by Crippen LogP contribution is -2.49. The molecule has 1 saturated heterocycles. The van der Waals surface area contributed by atoms with E-state index < -0.39 is 12.2 Å². The minimum Gasteiger partial charge on any atom is -0.356 e. The molecule has 3 amide bonds. The van der Waals surface area contributed by atoms with Crippen molar-refractivity contribution in [3.63, 3.8) is 0 Å². The van der Waals surface area contributed by atoms with Gasteiger partial charge in [0.05, 0.1) is 5.69 Å². The number of carbonyl (C=O) groups is 2. The first kappa shape index (κ1) is 22.8. The number of hydrogen-bond acceptors (Lipinski definition) is 4. The Bertz CT molecular complexity index is 1040. The monoisotopic (exact) mass is 447 g/mol. The fourth-order valence-corrected chi connectivity index (χ4v) is 4.45. The van der Waals surface area contributed by atoms with Gasteiger partial charge in [-0.05, 0) is 61.9 Å². The third-order valence-corrected chi connectivity index (χ3v) is 6.26. The number of aryl methyl sites for hydroxylation is 1. The second-order valence-electron chi connectivity index (χ2n) is 9.00. The van der Waals surface area contributed by atoms with Gasteiger partial charge in [0, 0.05) is 30.9 Å². The lowest BCUT2D eigenvalue weighted by molar-refractivity contribution is -0.120. The summed E-state index contributed by atoms with van der Waals surface area (Å²) in [4.78, 5) is 35.3. The van der Waals surface area contributed by atoms with Crippen LogP contribution in [0.25, 0.3) is 0 Å². The Hall–Kier alpha value is -3.35. The first-order valence-electron chi connectivity index (χ1n) is 11.8. The van der Waals surface area contributed by atoms with E-state index in [1.165, 1.54) is 0 Å². The molecule has 0 unspecified atom stereocenters. The molecule has 2 aromatic rings. The van der Waals surface area contributed by atoms with E-state index in [1.807, 2.05) is 62.4 Å². The van der Waals surface area contributed by atoms with Crippen molar-refractivity contribution < 1.29 is 9.59 Å². The van der Waals surface area contributed by atoms with E-state index >= 15 is 0 Å². The van der Waals surface area contributed by atoms with Crippen LogP contribution >= 0.6 is 0 Å². The number of anilines is 2. The molecule has 2 N–H and O–H groups in total. The number of rotatable bonds is 4. The summed E-state index contributed by atoms with van der Waals surface area (Å²) in [7, 11) is 0. The number of nitrogens with zero attached hydrogens (tertiary/aromatic N) is 3. The number of piperidine rings is 1. The summed E-state index contributed by atoms with van der Waals surface area (Å²) in [5.41, 5.74) is 3.52. The number of nitrogens with one attached hydrogen (secondary N) is 2. The molecule has 7 nitrogen and oxygen atoms in total. The number of likely N-dealkylation sites (tertiary alicyclic amines) is 1. The maximum atomic E-state index is 13.6. The van der Waals surface area contributed by atoms with Crippen LogP contribution in [0.2, 0.25) is 0 Å². The van der Waals surface area contributed by atoms with Gasteiger partial charge in [0.25, 0.3) is 5.91 Å². The molecule has 33 heavy (non-hydrogen) atoms. The standard InChI is InChI=1S/C26H33N5O2/c1-4-14-31-22-11-6-5-10-21(22)24(30-15-12-18(2)13-16-30)28-23(25(31)32)29-26(33)27-20-9-7-8-19(3)17-20/h5-11,17-18,23H,4,12-16H2,1-3H3,(H2,27,29,33)/t23-/m1/s1. The van der Waals surface area contributed by atoms with Crippen molar-refractivity contribution in [1.82, 2.24) is 10.2 Å². The molecule has 2 aromatic carbocycles. The van der Waals surface area contributed by atoms with E-state index in [0.29, 0.717) is 18.2 Å². The molecule has 2 aliphatic heterocycles. The van der Waals surface area contributed by atoms with Crippen LogP contribution in [0.4, 0.5) is 16.2 Å². The van der Waals surface area contributed by atoms with Gasteiger partial charge in [0.15, 0.2) is 0 Å². The van der Waals surface area contributed by atoms with Crippen LogP contribution in [-0.2, 0) is 4.79 Å². The van der Waals surface area contributed by atoms with Gasteiger partial charge in [0.2, 0.25) is 6.17 Å². The maximum Gasteiger partial charge on any atom is 0.321 e. The molecule has 4 rings (SSSR count). The Morgan fingerprint density at radius 1 is 1.12 bits per heavy atom. The molecule has 0 bridgehead atoms. The summed E-state index contributed by atoms with van der Waals surface area (Å²) >= 11 is 0. The fourth-order valence-electron chi connectivity index (χ4n) is 4.45. The van der Waals surface area contributed by atoms with Crippen LogP contribution in [-0.4, -0.2) is 48.5 Å². The highest BCUT2D eigenvalue weighted by atomic mass is 16.2. The van der Waals surface area contributed by atoms with Crippen LogP contribution < -0.4 is 15.5 Å². The molecular weight excluding hydrogens is 414 g/mol. The first-order chi connectivity index (χ1) is 16.0. The van der Waals surface area contributed by atoms with Crippen molar-refractivity contribution in [2.24, 2.45) is 10.9 Å². The zero-order valence-electron chi connectivity index (χ0n) is 19.7. The summed E-state index contributed by atoms with van der Waals surface area (Å²) < 4.78 is 0. The van der Waals surface area contributed by atoms with Crippen LogP contribution in [0, 0.1) is 12.8 Å². The number of benzene rings is 2. The second-order valence-corrected chi connectivity index (χ2v) is 9.00. The van der Waals surface area contributed by atoms with E-state index in [1.54, 1.807) is 4.90 Å². The number of hydrogen-bond donors (Lipinski definition) is 2. The number of benzodiazepines with no additional fused rings is 1. The molecule has 0 spiro atoms. The molecule has 0 aromatic heterocycles. The van der Waals surface area contributed by atoms with Crippen LogP contribution in [0.1, 0.15) is 44.2 Å². The molecule has 0 aliphatic carbocycles. The van der Waals surface area contributed by atoms with Gasteiger partial charge >= 0.3 is 6.03 Å². The number of urea groups is 1. The lowest BCUT2D eigenvalue weighted by atomic mass is 9.98. The maximum absolute atomic E-state index is 13.6. The number of carbonyl (C=O) groups excluding carboxylic acids is 2. The molecule has 0 radical (unpaired) electrons. The number of amidine groups is 1. The Morgan fingerprint density at radius 3 is 2.61 bits per heavy atom. The van der Waals surface area contributed by atoms with Gasteiger partial charge in [-0.15, -0.1) is 0 Å². The third kappa shape index (κ3) is 5.18. The normalized spacial score (nSPS) is 18.9. The molecule has 1 atom stereocenters. The summed E-state index contributed by atoms with van der Waals surface area (Å²) in [6.07, 6.45) is 1.97. The fraction of sp³-hybridized carbons (Fsp3) is 0.423. The highest BCUT2D eigenvalue weighted by Gasteiger charge is 2.34. The summed E-state index contributed by atoms with van der Waals surface area (Å²) in [5.74, 6) is 1.24. The molecule has 2 aliphatic rings. The van der Waals surface area contributed by atoms with E-state index in [9.17, 15) is 9.59 Å². The number of fused-ring (bicyclic) bond motifs is 1. The number of aliphatic imine (C=N–C) groups is 1. The number of amides is 3. The zero-order valence-corrected chi connectivity index (χ0v) is 19.7. The molecule has 0 saturated carbocycles. The average molecular weight is 448 g/mol. The lowest BCUT2D eigenvalue weighted by Gasteiger charge is -2.33. The Balaban J connectivity index is 1.66. The van der Waals surface area contributed by atoms with Gasteiger partial charge in [-0.3, -0.25) is 4.79 Å². The van der Waals surface area contributed by atoms with Crippen LogP contribution in [0.3, 0.4) is 0 Å². The molecule has 7 heteroatoms. The Morgan fingerprint density at radius 2 is 1.88 bits per heavy atom. The summed E-state index contributed by atoms with van der Waals surface area (Å²) in [6, 6.07) is 15.0. The van der Waals surface area contributed by atoms with E-state index in [-0.39, 0.29) is 5.91 Å². The predicted octanol–water partition coefficient (Wildman–Crippen LogP) is 4.38. The Labute approximate surface area is 195 Å². The highest BCUT2D eigenvalue weighted by molar-refractivity contribution is 6.12. The Kier molecular flexibility index (Phi) is 6.96. The van der Waals surface area contributed by atoms with Crippen molar-refractivity contribution in [2.75, 3.05) is 29.9 Å². The predicted molar refractivity (Wildman–Crippen MR) is 133 cm³/mol. The topological polar surface area (TPSA) is 77.0 Å². The second kappa shape index (κ2) is 10.1. The minimum atomic E-state index is -0.997. The molecule has 174 valence electrons. The molecule has 1 fully saturated rings. The van der Waals surface area contributed by atoms with Crippen LogP contribution in [0.15, 0.2) is 53.5 Å². The van der Waals surface area contributed by atoms with E-state index in [2.05, 4.69) is 22.5 Å². The molecular formula is C26H33N5O2. The average Bonchev–Trinajstić information content (AvgIpc) is 2.91. The van der Waals surface area contributed by atoms with Gasteiger partial charge in [0.1, 0.15) is 5.84 Å². The molecule has 2 heterocycles. The van der Waals surface area contributed by atoms with E-state index in [4.69, 9.17) is 4.99 Å². The first-order valence-corrected chi connectivity index (χ1v) is 11.8. The van der Waals surface area contributed by atoms with Crippen molar-refractivity contribution in [1.29, 1.82) is 0 Å². The quantitative estimate of drug-likeness (QED) is 0.730. The largest absolute Gasteiger partial charge is 0.356 e. The van der Waals surface area contributed by atoms with Gasteiger partial charge in [-0.2, -0.15) is 0 Å². The van der Waals surface area contributed by atoms with Crippen molar-refractivity contribution in [3.05, 3.63) is 59.7 Å². The van der Waals surface area contributed by atoms with E-state index in [0.717, 1.165) is 55.0 Å². The van der Waals surface area contributed by atoms with Gasteiger partial charge in [-0.25, -0.2) is 9.79 Å². The van der Waals surface area contributed by atoms with Crippen molar-refractivity contribution in [2.45, 2.75) is 46.2 Å². The van der Waals surface area contributed by atoms with Gasteiger partial charge < -0.3 is 20.4 Å². The smallest absolute Gasteiger partial charge is 0.321 e.